The number of pyridine rings is 1. The topological polar surface area (TPSA) is 47.0 Å². The van der Waals surface area contributed by atoms with Gasteiger partial charge in [-0.05, 0) is 37.6 Å². The van der Waals surface area contributed by atoms with Gasteiger partial charge in [0, 0.05) is 5.69 Å². The van der Waals surface area contributed by atoms with Gasteiger partial charge in [0.25, 0.3) is 0 Å². The monoisotopic (exact) mass is 261 g/mol. The first-order chi connectivity index (χ1) is 8.49. The minimum atomic E-state index is -3.31. The molecule has 3 nitrogen and oxygen atoms in total. The highest BCUT2D eigenvalue weighted by molar-refractivity contribution is 7.90. The zero-order chi connectivity index (χ0) is 13.2. The second kappa shape index (κ2) is 4.90. The first-order valence-electron chi connectivity index (χ1n) is 5.70. The second-order valence-corrected chi connectivity index (χ2v) is 6.27. The number of sulfone groups is 1. The first-order valence-corrected chi connectivity index (χ1v) is 7.35. The lowest BCUT2D eigenvalue weighted by molar-refractivity contribution is 0.594. The number of hydrogen-bond donors (Lipinski definition) is 0. The smallest absolute Gasteiger partial charge is 0.184 e. The van der Waals surface area contributed by atoms with Crippen LogP contribution in [0.25, 0.3) is 0 Å². The molecule has 0 spiro atoms. The molecule has 0 aliphatic carbocycles. The molecule has 18 heavy (non-hydrogen) atoms. The predicted octanol–water partition coefficient (Wildman–Crippen LogP) is 2.67. The van der Waals surface area contributed by atoms with Crippen LogP contribution in [0.15, 0.2) is 47.4 Å². The third-order valence-corrected chi connectivity index (χ3v) is 4.51. The van der Waals surface area contributed by atoms with Gasteiger partial charge in [-0.3, -0.25) is 4.98 Å². The lowest BCUT2D eigenvalue weighted by Crippen LogP contribution is -2.07. The van der Waals surface area contributed by atoms with Crippen molar-refractivity contribution in [2.24, 2.45) is 0 Å². The predicted molar refractivity (Wildman–Crippen MR) is 71.0 cm³/mol. The molecule has 2 rings (SSSR count). The summed E-state index contributed by atoms with van der Waals surface area (Å²) in [7, 11) is -3.31. The molecule has 0 saturated carbocycles. The fraction of sp³-hybridized carbons (Fsp3) is 0.214. The highest BCUT2D eigenvalue weighted by Gasteiger charge is 2.15. The molecule has 94 valence electrons. The zero-order valence-electron chi connectivity index (χ0n) is 10.4. The van der Waals surface area contributed by atoms with Crippen molar-refractivity contribution in [3.63, 3.8) is 0 Å². The van der Waals surface area contributed by atoms with Gasteiger partial charge in [0.1, 0.15) is 0 Å². The lowest BCUT2D eigenvalue weighted by atomic mass is 10.2. The summed E-state index contributed by atoms with van der Waals surface area (Å²) in [6.45, 7) is 3.84. The van der Waals surface area contributed by atoms with Gasteiger partial charge in [-0.2, -0.15) is 0 Å². The van der Waals surface area contributed by atoms with Crippen molar-refractivity contribution in [3.05, 3.63) is 59.4 Å². The van der Waals surface area contributed by atoms with Crippen molar-refractivity contribution in [3.8, 4) is 0 Å². The molecule has 0 aliphatic rings. The fourth-order valence-electron chi connectivity index (χ4n) is 1.67. The summed E-state index contributed by atoms with van der Waals surface area (Å²) in [5.41, 5.74) is 2.52. The molecule has 0 amide bonds. The summed E-state index contributed by atoms with van der Waals surface area (Å²) < 4.78 is 24.3. The minimum absolute atomic E-state index is 0.0574. The Labute approximate surface area is 107 Å². The van der Waals surface area contributed by atoms with Gasteiger partial charge in [0.15, 0.2) is 9.84 Å². The van der Waals surface area contributed by atoms with Crippen LogP contribution in [0.5, 0.6) is 0 Å². The number of rotatable bonds is 3. The van der Waals surface area contributed by atoms with Gasteiger partial charge in [-0.15, -0.1) is 0 Å². The van der Waals surface area contributed by atoms with E-state index < -0.39 is 9.84 Å². The molecule has 0 radical (unpaired) electrons. The summed E-state index contributed by atoms with van der Waals surface area (Å²) >= 11 is 0. The van der Waals surface area contributed by atoms with E-state index in [4.69, 9.17) is 0 Å². The molecule has 1 aromatic heterocycles. The van der Waals surface area contributed by atoms with E-state index >= 15 is 0 Å². The summed E-state index contributed by atoms with van der Waals surface area (Å²) in [4.78, 5) is 4.64. The Morgan fingerprint density at radius 2 is 1.67 bits per heavy atom. The molecule has 2 aromatic rings. The molecule has 0 aliphatic heterocycles. The molecule has 0 atom stereocenters. The van der Waals surface area contributed by atoms with Crippen molar-refractivity contribution in [1.82, 2.24) is 4.98 Å². The summed E-state index contributed by atoms with van der Waals surface area (Å²) in [5, 5.41) is 0. The maximum absolute atomic E-state index is 12.2. The zero-order valence-corrected chi connectivity index (χ0v) is 11.2. The van der Waals surface area contributed by atoms with Gasteiger partial charge in [0.05, 0.1) is 16.3 Å². The molecule has 0 fully saturated rings. The normalized spacial score (nSPS) is 11.4. The molecule has 1 heterocycles. The van der Waals surface area contributed by atoms with Gasteiger partial charge >= 0.3 is 0 Å². The van der Waals surface area contributed by atoms with Crippen LogP contribution in [0.1, 0.15) is 17.0 Å². The van der Waals surface area contributed by atoms with Crippen molar-refractivity contribution >= 4 is 9.84 Å². The quantitative estimate of drug-likeness (QED) is 0.853. The number of aromatic nitrogens is 1. The van der Waals surface area contributed by atoms with Gasteiger partial charge in [0.2, 0.25) is 0 Å². The summed E-state index contributed by atoms with van der Waals surface area (Å²) in [6, 6.07) is 12.1. The Morgan fingerprint density at radius 3 is 2.28 bits per heavy atom. The molecule has 0 bridgehead atoms. The first kappa shape index (κ1) is 12.8. The van der Waals surface area contributed by atoms with Crippen LogP contribution in [-0.2, 0) is 15.6 Å². The highest BCUT2D eigenvalue weighted by Crippen LogP contribution is 2.15. The third-order valence-electron chi connectivity index (χ3n) is 2.85. The minimum Gasteiger partial charge on any atom is -0.257 e. The Morgan fingerprint density at radius 1 is 1.00 bits per heavy atom. The van der Waals surface area contributed by atoms with Gasteiger partial charge in [-0.25, -0.2) is 8.42 Å². The molecule has 0 N–H and O–H groups in total. The van der Waals surface area contributed by atoms with E-state index in [9.17, 15) is 8.42 Å². The molecule has 0 unspecified atom stereocenters. The average molecular weight is 261 g/mol. The van der Waals surface area contributed by atoms with Gasteiger partial charge in [-0.1, -0.05) is 24.3 Å². The standard InChI is InChI=1S/C14H15NO2S/c1-11-8-9-13(15-12(11)2)10-18(16,17)14-6-4-3-5-7-14/h3-9H,10H2,1-2H3. The SMILES string of the molecule is Cc1ccc(CS(=O)(=O)c2ccccc2)nc1C. The van der Waals surface area contributed by atoms with E-state index in [1.165, 1.54) is 0 Å². The number of aryl methyl sites for hydroxylation is 2. The van der Waals surface area contributed by atoms with E-state index in [2.05, 4.69) is 4.98 Å². The third kappa shape index (κ3) is 2.76. The number of benzene rings is 1. The number of nitrogens with zero attached hydrogens (tertiary/aromatic N) is 1. The Balaban J connectivity index is 2.31. The van der Waals surface area contributed by atoms with Crippen LogP contribution in [-0.4, -0.2) is 13.4 Å². The Hall–Kier alpha value is -1.68. The largest absolute Gasteiger partial charge is 0.257 e. The Kier molecular flexibility index (Phi) is 3.48. The average Bonchev–Trinajstić information content (AvgIpc) is 2.35. The van der Waals surface area contributed by atoms with E-state index in [1.807, 2.05) is 19.9 Å². The van der Waals surface area contributed by atoms with E-state index in [-0.39, 0.29) is 5.75 Å². The second-order valence-electron chi connectivity index (χ2n) is 4.28. The Bertz CT molecular complexity index is 649. The molecular weight excluding hydrogens is 246 g/mol. The molecule has 1 aromatic carbocycles. The summed E-state index contributed by atoms with van der Waals surface area (Å²) in [5.74, 6) is -0.0574. The van der Waals surface area contributed by atoms with Crippen molar-refractivity contribution in [2.45, 2.75) is 24.5 Å². The molecule has 4 heteroatoms. The lowest BCUT2D eigenvalue weighted by Gasteiger charge is -2.06. The van der Waals surface area contributed by atoms with E-state index in [0.717, 1.165) is 11.3 Å². The van der Waals surface area contributed by atoms with Crippen molar-refractivity contribution in [2.75, 3.05) is 0 Å². The highest BCUT2D eigenvalue weighted by atomic mass is 32.2. The molecule has 0 saturated heterocycles. The maximum Gasteiger partial charge on any atom is 0.184 e. The number of hydrogen-bond acceptors (Lipinski definition) is 3. The fourth-order valence-corrected chi connectivity index (χ4v) is 2.96. The van der Waals surface area contributed by atoms with Crippen molar-refractivity contribution in [1.29, 1.82) is 0 Å². The summed E-state index contributed by atoms with van der Waals surface area (Å²) in [6.07, 6.45) is 0. The van der Waals surface area contributed by atoms with E-state index in [0.29, 0.717) is 10.6 Å². The van der Waals surface area contributed by atoms with Crippen LogP contribution < -0.4 is 0 Å². The van der Waals surface area contributed by atoms with Crippen LogP contribution in [0, 0.1) is 13.8 Å². The molecular formula is C14H15NO2S. The van der Waals surface area contributed by atoms with Crippen LogP contribution in [0.4, 0.5) is 0 Å². The van der Waals surface area contributed by atoms with Crippen molar-refractivity contribution < 1.29 is 8.42 Å². The maximum atomic E-state index is 12.2. The van der Waals surface area contributed by atoms with Gasteiger partial charge < -0.3 is 0 Å². The van der Waals surface area contributed by atoms with Crippen LogP contribution in [0.3, 0.4) is 0 Å². The van der Waals surface area contributed by atoms with Crippen LogP contribution >= 0.6 is 0 Å². The van der Waals surface area contributed by atoms with Crippen LogP contribution in [0.2, 0.25) is 0 Å². The van der Waals surface area contributed by atoms with E-state index in [1.54, 1.807) is 36.4 Å².